The number of carboxylic acids is 1. The summed E-state index contributed by atoms with van der Waals surface area (Å²) in [5, 5.41) is 20.8. The number of phenolic OH excluding ortho intramolecular Hbond substituents is 1. The molecule has 3 rings (SSSR count). The zero-order valence-electron chi connectivity index (χ0n) is 12.0. The van der Waals surface area contributed by atoms with Crippen molar-refractivity contribution in [2.45, 2.75) is 0 Å². The minimum absolute atomic E-state index is 0.0325. The van der Waals surface area contributed by atoms with Gasteiger partial charge in [0.25, 0.3) is 0 Å². The Morgan fingerprint density at radius 2 is 1.57 bits per heavy atom. The Bertz CT molecular complexity index is 947. The van der Waals surface area contributed by atoms with Crippen molar-refractivity contribution < 1.29 is 19.8 Å². The van der Waals surface area contributed by atoms with Crippen LogP contribution in [0.2, 0.25) is 0 Å². The van der Waals surface area contributed by atoms with Crippen molar-refractivity contribution in [3.05, 3.63) is 71.3 Å². The molecule has 0 saturated heterocycles. The molecule has 3 aromatic rings. The lowest BCUT2D eigenvalue weighted by Crippen LogP contribution is -2.09. The van der Waals surface area contributed by atoms with Gasteiger partial charge in [-0.3, -0.25) is 4.79 Å². The Morgan fingerprint density at radius 1 is 0.870 bits per heavy atom. The number of phenols is 1. The number of carbonyl (C=O) groups is 2. The molecule has 0 aliphatic rings. The molecule has 0 aliphatic carbocycles. The molecule has 0 aromatic heterocycles. The lowest BCUT2D eigenvalue weighted by Gasteiger charge is -2.09. The molecule has 3 aromatic carbocycles. The van der Waals surface area contributed by atoms with Crippen LogP contribution in [0.4, 0.5) is 5.69 Å². The van der Waals surface area contributed by atoms with Gasteiger partial charge in [0.15, 0.2) is 5.78 Å². The SMILES string of the molecule is Nc1ccc2c(O)c(C(=O)c3ccccc3C(=O)O)ccc2c1. The van der Waals surface area contributed by atoms with Crippen molar-refractivity contribution >= 4 is 28.2 Å². The highest BCUT2D eigenvalue weighted by Gasteiger charge is 2.20. The molecule has 0 fully saturated rings. The molecular formula is C18H13NO4. The molecule has 0 heterocycles. The number of hydrogen-bond donors (Lipinski definition) is 3. The zero-order valence-corrected chi connectivity index (χ0v) is 12.0. The number of aromatic carboxylic acids is 1. The molecule has 0 aliphatic heterocycles. The maximum absolute atomic E-state index is 12.7. The van der Waals surface area contributed by atoms with Crippen molar-refractivity contribution in [1.82, 2.24) is 0 Å². The van der Waals surface area contributed by atoms with Gasteiger partial charge in [-0.15, -0.1) is 0 Å². The predicted octanol–water partition coefficient (Wildman–Crippen LogP) is 3.06. The Balaban J connectivity index is 2.18. The van der Waals surface area contributed by atoms with Gasteiger partial charge in [-0.05, 0) is 35.7 Å². The summed E-state index contributed by atoms with van der Waals surface area (Å²) in [6.45, 7) is 0. The number of ketones is 1. The molecular weight excluding hydrogens is 294 g/mol. The molecule has 0 saturated carbocycles. The Kier molecular flexibility index (Phi) is 3.46. The van der Waals surface area contributed by atoms with Gasteiger partial charge in [-0.2, -0.15) is 0 Å². The van der Waals surface area contributed by atoms with Crippen LogP contribution in [0.25, 0.3) is 10.8 Å². The van der Waals surface area contributed by atoms with Crippen LogP contribution < -0.4 is 5.73 Å². The monoisotopic (exact) mass is 307 g/mol. The molecule has 0 atom stereocenters. The van der Waals surface area contributed by atoms with Gasteiger partial charge in [-0.25, -0.2) is 4.79 Å². The number of benzene rings is 3. The average Bonchev–Trinajstić information content (AvgIpc) is 2.54. The van der Waals surface area contributed by atoms with Gasteiger partial charge in [0, 0.05) is 16.6 Å². The second-order valence-electron chi connectivity index (χ2n) is 5.12. The van der Waals surface area contributed by atoms with Crippen molar-refractivity contribution in [2.75, 3.05) is 5.73 Å². The van der Waals surface area contributed by atoms with Crippen LogP contribution in [-0.4, -0.2) is 22.0 Å². The molecule has 0 amide bonds. The van der Waals surface area contributed by atoms with Crippen LogP contribution >= 0.6 is 0 Å². The fourth-order valence-corrected chi connectivity index (χ4v) is 2.53. The first kappa shape index (κ1) is 14.6. The summed E-state index contributed by atoms with van der Waals surface area (Å²) in [6, 6.07) is 14.0. The molecule has 0 spiro atoms. The van der Waals surface area contributed by atoms with Crippen LogP contribution in [0.15, 0.2) is 54.6 Å². The second-order valence-corrected chi connectivity index (χ2v) is 5.12. The number of aromatic hydroxyl groups is 1. The zero-order chi connectivity index (χ0) is 16.6. The van der Waals surface area contributed by atoms with Crippen LogP contribution in [0.5, 0.6) is 5.75 Å². The quantitative estimate of drug-likeness (QED) is 0.510. The number of carbonyl (C=O) groups excluding carboxylic acids is 1. The van der Waals surface area contributed by atoms with Crippen molar-refractivity contribution in [1.29, 1.82) is 0 Å². The van der Waals surface area contributed by atoms with Crippen LogP contribution in [0.3, 0.4) is 0 Å². The van der Waals surface area contributed by atoms with Gasteiger partial charge in [0.1, 0.15) is 5.75 Å². The first-order valence-corrected chi connectivity index (χ1v) is 6.87. The van der Waals surface area contributed by atoms with Crippen LogP contribution in [0.1, 0.15) is 26.3 Å². The van der Waals surface area contributed by atoms with E-state index in [-0.39, 0.29) is 22.4 Å². The third kappa shape index (κ3) is 2.48. The smallest absolute Gasteiger partial charge is 0.336 e. The highest BCUT2D eigenvalue weighted by molar-refractivity contribution is 6.17. The largest absolute Gasteiger partial charge is 0.507 e. The van der Waals surface area contributed by atoms with Gasteiger partial charge < -0.3 is 15.9 Å². The molecule has 4 N–H and O–H groups in total. The first-order valence-electron chi connectivity index (χ1n) is 6.87. The van der Waals surface area contributed by atoms with E-state index in [0.29, 0.717) is 16.5 Å². The van der Waals surface area contributed by atoms with E-state index in [4.69, 9.17) is 5.73 Å². The maximum Gasteiger partial charge on any atom is 0.336 e. The number of rotatable bonds is 3. The minimum atomic E-state index is -1.19. The minimum Gasteiger partial charge on any atom is -0.507 e. The summed E-state index contributed by atoms with van der Waals surface area (Å²) in [4.78, 5) is 23.9. The van der Waals surface area contributed by atoms with Gasteiger partial charge in [-0.1, -0.05) is 24.3 Å². The average molecular weight is 307 g/mol. The topological polar surface area (TPSA) is 101 Å². The van der Waals surface area contributed by atoms with Crippen molar-refractivity contribution in [3.63, 3.8) is 0 Å². The standard InChI is InChI=1S/C18H13NO4/c19-11-6-8-12-10(9-11)5-7-15(16(12)20)17(21)13-3-1-2-4-14(13)18(22)23/h1-9,20H,19H2,(H,22,23). The van der Waals surface area contributed by atoms with Crippen molar-refractivity contribution in [3.8, 4) is 5.75 Å². The number of carboxylic acid groups (broad SMARTS) is 1. The summed E-state index contributed by atoms with van der Waals surface area (Å²) >= 11 is 0. The maximum atomic E-state index is 12.7. The van der Waals surface area contributed by atoms with E-state index in [1.807, 2.05) is 0 Å². The van der Waals surface area contributed by atoms with Crippen LogP contribution in [0, 0.1) is 0 Å². The molecule has 0 bridgehead atoms. The normalized spacial score (nSPS) is 10.6. The van der Waals surface area contributed by atoms with Gasteiger partial charge in [0.2, 0.25) is 0 Å². The first-order chi connectivity index (χ1) is 11.0. The van der Waals surface area contributed by atoms with Crippen LogP contribution in [-0.2, 0) is 0 Å². The summed E-state index contributed by atoms with van der Waals surface area (Å²) < 4.78 is 0. The fourth-order valence-electron chi connectivity index (χ4n) is 2.53. The predicted molar refractivity (Wildman–Crippen MR) is 86.9 cm³/mol. The third-order valence-electron chi connectivity index (χ3n) is 3.66. The Hall–Kier alpha value is -3.34. The number of hydrogen-bond acceptors (Lipinski definition) is 4. The molecule has 5 heteroatoms. The number of anilines is 1. The molecule has 23 heavy (non-hydrogen) atoms. The lowest BCUT2D eigenvalue weighted by atomic mass is 9.95. The molecule has 0 radical (unpaired) electrons. The number of fused-ring (bicyclic) bond motifs is 1. The summed E-state index contributed by atoms with van der Waals surface area (Å²) in [5.41, 5.74) is 6.23. The highest BCUT2D eigenvalue weighted by Crippen LogP contribution is 2.31. The summed E-state index contributed by atoms with van der Waals surface area (Å²) in [5.74, 6) is -1.92. The van der Waals surface area contributed by atoms with E-state index in [2.05, 4.69) is 0 Å². The van der Waals surface area contributed by atoms with E-state index >= 15 is 0 Å². The van der Waals surface area contributed by atoms with E-state index in [1.54, 1.807) is 36.4 Å². The molecule has 114 valence electrons. The second kappa shape index (κ2) is 5.46. The Morgan fingerprint density at radius 3 is 2.26 bits per heavy atom. The third-order valence-corrected chi connectivity index (χ3v) is 3.66. The lowest BCUT2D eigenvalue weighted by molar-refractivity contribution is 0.0692. The van der Waals surface area contributed by atoms with E-state index in [0.717, 1.165) is 0 Å². The number of nitrogens with two attached hydrogens (primary N) is 1. The Labute approximate surface area is 131 Å². The van der Waals surface area contributed by atoms with E-state index < -0.39 is 11.8 Å². The number of nitrogen functional groups attached to an aromatic ring is 1. The summed E-state index contributed by atoms with van der Waals surface area (Å²) in [6.07, 6.45) is 0. The molecule has 0 unspecified atom stereocenters. The van der Waals surface area contributed by atoms with Gasteiger partial charge >= 0.3 is 5.97 Å². The van der Waals surface area contributed by atoms with Gasteiger partial charge in [0.05, 0.1) is 11.1 Å². The fraction of sp³-hybridized carbons (Fsp3) is 0. The van der Waals surface area contributed by atoms with Crippen molar-refractivity contribution in [2.24, 2.45) is 0 Å². The molecule has 5 nitrogen and oxygen atoms in total. The van der Waals surface area contributed by atoms with E-state index in [1.165, 1.54) is 18.2 Å². The van der Waals surface area contributed by atoms with E-state index in [9.17, 15) is 19.8 Å². The summed E-state index contributed by atoms with van der Waals surface area (Å²) in [7, 11) is 0. The highest BCUT2D eigenvalue weighted by atomic mass is 16.4.